The molecule has 9 heteroatoms. The van der Waals surface area contributed by atoms with E-state index in [1.54, 1.807) is 31.2 Å². The third kappa shape index (κ3) is 6.08. The summed E-state index contributed by atoms with van der Waals surface area (Å²) in [6.45, 7) is 5.45. The van der Waals surface area contributed by atoms with E-state index in [0.29, 0.717) is 27.9 Å². The average molecular weight is 451 g/mol. The van der Waals surface area contributed by atoms with Crippen molar-refractivity contribution in [2.75, 3.05) is 49.5 Å². The van der Waals surface area contributed by atoms with E-state index < -0.39 is 0 Å². The number of nitrogens with zero attached hydrogens (tertiary/aromatic N) is 3. The lowest BCUT2D eigenvalue weighted by atomic mass is 10.2. The van der Waals surface area contributed by atoms with Gasteiger partial charge in [-0.2, -0.15) is 0 Å². The van der Waals surface area contributed by atoms with Gasteiger partial charge in [-0.15, -0.1) is 0 Å². The van der Waals surface area contributed by atoms with Crippen LogP contribution in [0.15, 0.2) is 36.5 Å². The molecule has 1 aromatic carbocycles. The second kappa shape index (κ2) is 10.6. The number of halogens is 2. The Balaban J connectivity index is 1.54. The molecule has 2 aromatic rings. The number of carbonyl (C=O) groups is 2. The minimum atomic E-state index is -0.371. The minimum absolute atomic E-state index is 0.135. The molecule has 1 fully saturated rings. The van der Waals surface area contributed by atoms with Gasteiger partial charge in [0, 0.05) is 37.4 Å². The molecule has 1 saturated heterocycles. The zero-order valence-electron chi connectivity index (χ0n) is 16.7. The molecule has 3 rings (SSSR count). The van der Waals surface area contributed by atoms with Gasteiger partial charge >= 0.3 is 5.97 Å². The SMILES string of the molecule is CCOC(=O)c1ccc(N2CCCN(CC(=O)Nc3cc(Cl)ccc3Cl)CC2)nc1. The van der Waals surface area contributed by atoms with Crippen LogP contribution >= 0.6 is 23.2 Å². The number of hydrogen-bond donors (Lipinski definition) is 1. The van der Waals surface area contributed by atoms with Gasteiger partial charge in [0.25, 0.3) is 0 Å². The van der Waals surface area contributed by atoms with E-state index in [2.05, 4.69) is 20.1 Å². The van der Waals surface area contributed by atoms with Crippen LogP contribution in [0.4, 0.5) is 11.5 Å². The molecule has 1 amide bonds. The van der Waals surface area contributed by atoms with Crippen LogP contribution in [0.2, 0.25) is 10.0 Å². The first-order valence-corrected chi connectivity index (χ1v) is 10.6. The third-order valence-corrected chi connectivity index (χ3v) is 5.31. The lowest BCUT2D eigenvalue weighted by molar-refractivity contribution is -0.117. The summed E-state index contributed by atoms with van der Waals surface area (Å²) in [6, 6.07) is 8.53. The smallest absolute Gasteiger partial charge is 0.339 e. The largest absolute Gasteiger partial charge is 0.462 e. The van der Waals surface area contributed by atoms with Crippen LogP contribution in [0.3, 0.4) is 0 Å². The van der Waals surface area contributed by atoms with E-state index in [0.717, 1.165) is 38.4 Å². The highest BCUT2D eigenvalue weighted by molar-refractivity contribution is 6.35. The molecule has 1 aromatic heterocycles. The number of benzene rings is 1. The Morgan fingerprint density at radius 2 is 1.97 bits per heavy atom. The van der Waals surface area contributed by atoms with E-state index in [4.69, 9.17) is 27.9 Å². The minimum Gasteiger partial charge on any atom is -0.462 e. The summed E-state index contributed by atoms with van der Waals surface area (Å²) in [4.78, 5) is 32.9. The summed E-state index contributed by atoms with van der Waals surface area (Å²) < 4.78 is 4.99. The maximum absolute atomic E-state index is 12.4. The van der Waals surface area contributed by atoms with Crippen LogP contribution in [-0.4, -0.2) is 61.1 Å². The maximum atomic E-state index is 12.4. The Hall–Kier alpha value is -2.35. The maximum Gasteiger partial charge on any atom is 0.339 e. The van der Waals surface area contributed by atoms with Gasteiger partial charge in [-0.05, 0) is 43.7 Å². The normalized spacial score (nSPS) is 14.8. The van der Waals surface area contributed by atoms with Crippen molar-refractivity contribution in [2.45, 2.75) is 13.3 Å². The molecular formula is C21H24Cl2N4O3. The summed E-state index contributed by atoms with van der Waals surface area (Å²) in [5.74, 6) is 0.300. The number of anilines is 2. The summed E-state index contributed by atoms with van der Waals surface area (Å²) in [7, 11) is 0. The van der Waals surface area contributed by atoms with Crippen molar-refractivity contribution in [1.82, 2.24) is 9.88 Å². The summed E-state index contributed by atoms with van der Waals surface area (Å²) in [6.07, 6.45) is 2.44. The van der Waals surface area contributed by atoms with Crippen molar-refractivity contribution in [3.63, 3.8) is 0 Å². The van der Waals surface area contributed by atoms with Crippen LogP contribution in [-0.2, 0) is 9.53 Å². The highest BCUT2D eigenvalue weighted by atomic mass is 35.5. The average Bonchev–Trinajstić information content (AvgIpc) is 2.96. The number of amides is 1. The fourth-order valence-electron chi connectivity index (χ4n) is 3.25. The number of carbonyl (C=O) groups excluding carboxylic acids is 2. The molecule has 1 aliphatic heterocycles. The van der Waals surface area contributed by atoms with Crippen molar-refractivity contribution >= 4 is 46.6 Å². The van der Waals surface area contributed by atoms with Gasteiger partial charge in [0.15, 0.2) is 0 Å². The Labute approximate surface area is 185 Å². The monoisotopic (exact) mass is 450 g/mol. The van der Waals surface area contributed by atoms with Gasteiger partial charge in [0.1, 0.15) is 5.82 Å². The molecule has 1 N–H and O–H groups in total. The van der Waals surface area contributed by atoms with E-state index in [9.17, 15) is 9.59 Å². The molecule has 7 nitrogen and oxygen atoms in total. The Morgan fingerprint density at radius 1 is 1.13 bits per heavy atom. The van der Waals surface area contributed by atoms with Gasteiger partial charge < -0.3 is 15.0 Å². The van der Waals surface area contributed by atoms with Crippen molar-refractivity contribution in [3.05, 3.63) is 52.1 Å². The van der Waals surface area contributed by atoms with Crippen molar-refractivity contribution in [1.29, 1.82) is 0 Å². The number of aromatic nitrogens is 1. The van der Waals surface area contributed by atoms with Crippen molar-refractivity contribution in [2.24, 2.45) is 0 Å². The predicted molar refractivity (Wildman–Crippen MR) is 119 cm³/mol. The van der Waals surface area contributed by atoms with Crippen LogP contribution in [0, 0.1) is 0 Å². The first kappa shape index (κ1) is 22.3. The summed E-state index contributed by atoms with van der Waals surface area (Å²) in [5.41, 5.74) is 0.949. The second-order valence-corrected chi connectivity index (χ2v) is 7.76. The molecule has 0 aliphatic carbocycles. The molecule has 0 bridgehead atoms. The van der Waals surface area contributed by atoms with E-state index in [-0.39, 0.29) is 18.4 Å². The first-order chi connectivity index (χ1) is 14.5. The van der Waals surface area contributed by atoms with Crippen LogP contribution in [0.25, 0.3) is 0 Å². The highest BCUT2D eigenvalue weighted by Crippen LogP contribution is 2.25. The van der Waals surface area contributed by atoms with E-state index >= 15 is 0 Å². The number of hydrogen-bond acceptors (Lipinski definition) is 6. The highest BCUT2D eigenvalue weighted by Gasteiger charge is 2.19. The summed E-state index contributed by atoms with van der Waals surface area (Å²) >= 11 is 12.1. The molecule has 0 spiro atoms. The molecular weight excluding hydrogens is 427 g/mol. The van der Waals surface area contributed by atoms with E-state index in [1.165, 1.54) is 6.20 Å². The predicted octanol–water partition coefficient (Wildman–Crippen LogP) is 3.72. The number of rotatable bonds is 6. The number of esters is 1. The lowest BCUT2D eigenvalue weighted by Gasteiger charge is -2.22. The molecule has 0 radical (unpaired) electrons. The topological polar surface area (TPSA) is 74.8 Å². The van der Waals surface area contributed by atoms with Crippen LogP contribution < -0.4 is 10.2 Å². The zero-order chi connectivity index (χ0) is 21.5. The first-order valence-electron chi connectivity index (χ1n) is 9.81. The molecule has 0 unspecified atom stereocenters. The molecule has 0 saturated carbocycles. The Kier molecular flexibility index (Phi) is 7.90. The Morgan fingerprint density at radius 3 is 2.70 bits per heavy atom. The number of nitrogens with one attached hydrogen (secondary N) is 1. The van der Waals surface area contributed by atoms with Gasteiger partial charge in [-0.25, -0.2) is 9.78 Å². The molecule has 0 atom stereocenters. The van der Waals surface area contributed by atoms with Gasteiger partial charge in [-0.1, -0.05) is 23.2 Å². The van der Waals surface area contributed by atoms with Gasteiger partial charge in [0.05, 0.1) is 29.4 Å². The second-order valence-electron chi connectivity index (χ2n) is 6.91. The third-order valence-electron chi connectivity index (χ3n) is 4.74. The fourth-order valence-corrected chi connectivity index (χ4v) is 3.59. The molecule has 30 heavy (non-hydrogen) atoms. The summed E-state index contributed by atoms with van der Waals surface area (Å²) in [5, 5.41) is 3.79. The Bertz CT molecular complexity index is 892. The van der Waals surface area contributed by atoms with E-state index in [1.807, 2.05) is 6.07 Å². The molecule has 2 heterocycles. The molecule has 1 aliphatic rings. The number of ether oxygens (including phenoxy) is 1. The quantitative estimate of drug-likeness (QED) is 0.675. The van der Waals surface area contributed by atoms with Crippen LogP contribution in [0.1, 0.15) is 23.7 Å². The van der Waals surface area contributed by atoms with Gasteiger partial charge in [0.2, 0.25) is 5.91 Å². The fraction of sp³-hybridized carbons (Fsp3) is 0.381. The van der Waals surface area contributed by atoms with Gasteiger partial charge in [-0.3, -0.25) is 9.69 Å². The van der Waals surface area contributed by atoms with Crippen molar-refractivity contribution < 1.29 is 14.3 Å². The zero-order valence-corrected chi connectivity index (χ0v) is 18.2. The van der Waals surface area contributed by atoms with Crippen LogP contribution in [0.5, 0.6) is 0 Å². The van der Waals surface area contributed by atoms with Crippen molar-refractivity contribution in [3.8, 4) is 0 Å². The standard InChI is InChI=1S/C21H24Cl2N4O3/c1-2-30-21(29)15-4-7-19(24-13-15)27-9-3-8-26(10-11-27)14-20(28)25-18-12-16(22)5-6-17(18)23/h4-7,12-13H,2-3,8-11,14H2,1H3,(H,25,28). The number of pyridine rings is 1. The lowest BCUT2D eigenvalue weighted by Crippen LogP contribution is -2.36. The molecule has 160 valence electrons.